The van der Waals surface area contributed by atoms with Gasteiger partial charge in [-0.25, -0.2) is 15.0 Å². The molecule has 7 nitrogen and oxygen atoms in total. The second-order valence-corrected chi connectivity index (χ2v) is 7.84. The van der Waals surface area contributed by atoms with Crippen LogP contribution in [0.15, 0.2) is 36.7 Å². The van der Waals surface area contributed by atoms with Gasteiger partial charge in [-0.1, -0.05) is 6.07 Å². The van der Waals surface area contributed by atoms with Crippen molar-refractivity contribution in [2.75, 3.05) is 5.01 Å². The third-order valence-corrected chi connectivity index (χ3v) is 3.06. The van der Waals surface area contributed by atoms with E-state index >= 15 is 0 Å². The quantitative estimate of drug-likeness (QED) is 0.763. The number of nitrogens with zero attached hydrogens (tertiary/aromatic N) is 2. The standard InChI is InChI=1S/C19H25N3O4/c1-18(2,3)25-16(23)21-22(17(24)26-19(4,5)6)15-8-7-13-9-10-20-12-14(13)11-15/h7-12H,1-6H3,(H,21,23). The molecule has 1 N–H and O–H groups in total. The normalized spacial score (nSPS) is 11.8. The molecule has 0 spiro atoms. The first kappa shape index (κ1) is 19.5. The molecular weight excluding hydrogens is 334 g/mol. The molecule has 0 bridgehead atoms. The van der Waals surface area contributed by atoms with Crippen molar-refractivity contribution in [2.24, 2.45) is 0 Å². The molecule has 0 atom stereocenters. The number of carbonyl (C=O) groups excluding carboxylic acids is 2. The number of hydrogen-bond acceptors (Lipinski definition) is 5. The molecule has 2 amide bonds. The lowest BCUT2D eigenvalue weighted by Crippen LogP contribution is -2.50. The van der Waals surface area contributed by atoms with E-state index in [0.29, 0.717) is 5.69 Å². The smallest absolute Gasteiger partial charge is 0.434 e. The van der Waals surface area contributed by atoms with Crippen LogP contribution in [0.25, 0.3) is 10.8 Å². The van der Waals surface area contributed by atoms with E-state index in [-0.39, 0.29) is 0 Å². The molecule has 0 fully saturated rings. The van der Waals surface area contributed by atoms with Gasteiger partial charge in [-0.05, 0) is 65.1 Å². The SMILES string of the molecule is CC(C)(C)OC(=O)NN(C(=O)OC(C)(C)C)c1ccc2ccncc2c1. The van der Waals surface area contributed by atoms with Gasteiger partial charge in [0.25, 0.3) is 0 Å². The summed E-state index contributed by atoms with van der Waals surface area (Å²) in [7, 11) is 0. The van der Waals surface area contributed by atoms with E-state index in [4.69, 9.17) is 9.47 Å². The Balaban J connectivity index is 2.34. The Morgan fingerprint density at radius 1 is 0.962 bits per heavy atom. The summed E-state index contributed by atoms with van der Waals surface area (Å²) in [5.74, 6) is 0. The van der Waals surface area contributed by atoms with Gasteiger partial charge >= 0.3 is 12.2 Å². The van der Waals surface area contributed by atoms with E-state index in [1.54, 1.807) is 66.1 Å². The number of nitrogens with one attached hydrogen (secondary N) is 1. The third kappa shape index (κ3) is 5.61. The fraction of sp³-hybridized carbons (Fsp3) is 0.421. The fourth-order valence-corrected chi connectivity index (χ4v) is 2.13. The predicted molar refractivity (Wildman–Crippen MR) is 99.8 cm³/mol. The Labute approximate surface area is 153 Å². The minimum Gasteiger partial charge on any atom is -0.443 e. The number of amides is 2. The average molecular weight is 359 g/mol. The maximum Gasteiger partial charge on any atom is 0.434 e. The first-order chi connectivity index (χ1) is 11.9. The summed E-state index contributed by atoms with van der Waals surface area (Å²) < 4.78 is 10.6. The lowest BCUT2D eigenvalue weighted by molar-refractivity contribution is 0.0425. The van der Waals surface area contributed by atoms with E-state index in [1.807, 2.05) is 12.1 Å². The van der Waals surface area contributed by atoms with Crippen LogP contribution in [0.1, 0.15) is 41.5 Å². The van der Waals surface area contributed by atoms with Gasteiger partial charge in [-0.3, -0.25) is 4.98 Å². The minimum absolute atomic E-state index is 0.436. The highest BCUT2D eigenvalue weighted by molar-refractivity contribution is 5.94. The maximum atomic E-state index is 12.6. The van der Waals surface area contributed by atoms with Crippen molar-refractivity contribution in [1.82, 2.24) is 10.4 Å². The van der Waals surface area contributed by atoms with Crippen LogP contribution in [-0.2, 0) is 9.47 Å². The van der Waals surface area contributed by atoms with Gasteiger partial charge in [0.2, 0.25) is 0 Å². The zero-order chi connectivity index (χ0) is 19.5. The molecule has 1 aromatic carbocycles. The van der Waals surface area contributed by atoms with Crippen molar-refractivity contribution in [3.8, 4) is 0 Å². The Bertz CT molecular complexity index is 806. The van der Waals surface area contributed by atoms with Crippen molar-refractivity contribution in [1.29, 1.82) is 0 Å². The first-order valence-corrected chi connectivity index (χ1v) is 8.31. The molecule has 0 aliphatic heterocycles. The number of carbonyl (C=O) groups is 2. The van der Waals surface area contributed by atoms with Crippen LogP contribution in [-0.4, -0.2) is 28.4 Å². The summed E-state index contributed by atoms with van der Waals surface area (Å²) in [5.41, 5.74) is 1.47. The number of ether oxygens (including phenoxy) is 2. The highest BCUT2D eigenvalue weighted by atomic mass is 16.6. The van der Waals surface area contributed by atoms with E-state index in [9.17, 15) is 9.59 Å². The highest BCUT2D eigenvalue weighted by Gasteiger charge is 2.27. The second kappa shape index (κ2) is 7.19. The molecule has 0 aliphatic carbocycles. The molecule has 1 heterocycles. The van der Waals surface area contributed by atoms with Gasteiger partial charge in [0.05, 0.1) is 5.69 Å². The minimum atomic E-state index is -0.755. The topological polar surface area (TPSA) is 80.8 Å². The van der Waals surface area contributed by atoms with Gasteiger partial charge < -0.3 is 9.47 Å². The zero-order valence-corrected chi connectivity index (χ0v) is 16.0. The van der Waals surface area contributed by atoms with Gasteiger partial charge in [0.1, 0.15) is 11.2 Å². The van der Waals surface area contributed by atoms with Gasteiger partial charge in [0, 0.05) is 17.8 Å². The van der Waals surface area contributed by atoms with Gasteiger partial charge in [-0.2, -0.15) is 5.01 Å². The maximum absolute atomic E-state index is 12.6. The van der Waals surface area contributed by atoms with Crippen LogP contribution in [0.3, 0.4) is 0 Å². The molecule has 0 saturated heterocycles. The number of fused-ring (bicyclic) bond motifs is 1. The predicted octanol–water partition coefficient (Wildman–Crippen LogP) is 4.42. The molecule has 0 saturated carbocycles. The number of benzene rings is 1. The molecule has 26 heavy (non-hydrogen) atoms. The van der Waals surface area contributed by atoms with Crippen LogP contribution in [0, 0.1) is 0 Å². The number of hydrogen-bond donors (Lipinski definition) is 1. The van der Waals surface area contributed by atoms with E-state index in [1.165, 1.54) is 0 Å². The van der Waals surface area contributed by atoms with Crippen molar-refractivity contribution < 1.29 is 19.1 Å². The number of aromatic nitrogens is 1. The monoisotopic (exact) mass is 359 g/mol. The van der Waals surface area contributed by atoms with Crippen LogP contribution >= 0.6 is 0 Å². The van der Waals surface area contributed by atoms with E-state index < -0.39 is 23.4 Å². The number of hydrazine groups is 1. The Hall–Kier alpha value is -2.83. The van der Waals surface area contributed by atoms with Crippen molar-refractivity contribution in [3.05, 3.63) is 36.7 Å². The molecule has 140 valence electrons. The molecule has 2 rings (SSSR count). The molecule has 0 radical (unpaired) electrons. The summed E-state index contributed by atoms with van der Waals surface area (Å²) in [6, 6.07) is 7.14. The first-order valence-electron chi connectivity index (χ1n) is 8.31. The van der Waals surface area contributed by atoms with Crippen LogP contribution in [0.5, 0.6) is 0 Å². The molecule has 1 aromatic heterocycles. The molecule has 2 aromatic rings. The van der Waals surface area contributed by atoms with E-state index in [0.717, 1.165) is 15.8 Å². The molecule has 0 aliphatic rings. The van der Waals surface area contributed by atoms with Crippen molar-refractivity contribution in [2.45, 2.75) is 52.7 Å². The summed E-state index contributed by atoms with van der Waals surface area (Å²) in [6.07, 6.45) is 1.90. The number of rotatable bonds is 1. The lowest BCUT2D eigenvalue weighted by Gasteiger charge is -2.29. The lowest BCUT2D eigenvalue weighted by atomic mass is 10.1. The Morgan fingerprint density at radius 2 is 1.62 bits per heavy atom. The van der Waals surface area contributed by atoms with Crippen LogP contribution < -0.4 is 10.4 Å². The second-order valence-electron chi connectivity index (χ2n) is 7.84. The molecule has 0 unspecified atom stereocenters. The molecular formula is C19H25N3O4. The summed E-state index contributed by atoms with van der Waals surface area (Å²) in [5, 5.41) is 2.82. The van der Waals surface area contributed by atoms with Crippen molar-refractivity contribution in [3.63, 3.8) is 0 Å². The van der Waals surface area contributed by atoms with Gasteiger partial charge in [-0.15, -0.1) is 0 Å². The van der Waals surface area contributed by atoms with Gasteiger partial charge in [0.15, 0.2) is 0 Å². The van der Waals surface area contributed by atoms with E-state index in [2.05, 4.69) is 10.4 Å². The summed E-state index contributed by atoms with van der Waals surface area (Å²) in [6.45, 7) is 10.5. The van der Waals surface area contributed by atoms with Crippen LogP contribution in [0.4, 0.5) is 15.3 Å². The number of pyridine rings is 1. The highest BCUT2D eigenvalue weighted by Crippen LogP contribution is 2.22. The Morgan fingerprint density at radius 3 is 2.23 bits per heavy atom. The summed E-state index contributed by atoms with van der Waals surface area (Å²) >= 11 is 0. The average Bonchev–Trinajstić information content (AvgIpc) is 2.48. The number of anilines is 1. The largest absolute Gasteiger partial charge is 0.443 e. The Kier molecular flexibility index (Phi) is 5.39. The fourth-order valence-electron chi connectivity index (χ4n) is 2.13. The molecule has 7 heteroatoms. The third-order valence-electron chi connectivity index (χ3n) is 3.06. The van der Waals surface area contributed by atoms with Crippen LogP contribution in [0.2, 0.25) is 0 Å². The van der Waals surface area contributed by atoms with Crippen molar-refractivity contribution >= 4 is 28.6 Å². The summed E-state index contributed by atoms with van der Waals surface area (Å²) in [4.78, 5) is 28.9. The zero-order valence-electron chi connectivity index (χ0n) is 16.0.